The first kappa shape index (κ1) is 21.1. The van der Waals surface area contributed by atoms with Gasteiger partial charge in [-0.3, -0.25) is 4.90 Å². The van der Waals surface area contributed by atoms with Crippen molar-refractivity contribution in [3.63, 3.8) is 0 Å². The molecule has 1 fully saturated rings. The molecule has 0 N–H and O–H groups in total. The van der Waals surface area contributed by atoms with Crippen LogP contribution >= 0.6 is 23.2 Å². The molecule has 3 aromatic rings. The Morgan fingerprint density at radius 1 is 1.13 bits per heavy atom. The molecule has 156 valence electrons. The van der Waals surface area contributed by atoms with Crippen LogP contribution in [0, 0.1) is 5.82 Å². The molecule has 6 heteroatoms. The minimum atomic E-state index is -0.373. The zero-order chi connectivity index (χ0) is 21.1. The number of rotatable bonds is 6. The van der Waals surface area contributed by atoms with Crippen molar-refractivity contribution in [3.8, 4) is 5.88 Å². The average molecular weight is 445 g/mol. The summed E-state index contributed by atoms with van der Waals surface area (Å²) >= 11 is 11.8. The second-order valence-corrected chi connectivity index (χ2v) is 8.57. The summed E-state index contributed by atoms with van der Waals surface area (Å²) in [6.07, 6.45) is 2.35. The highest BCUT2D eigenvalue weighted by atomic mass is 35.5. The fourth-order valence-electron chi connectivity index (χ4n) is 4.13. The summed E-state index contributed by atoms with van der Waals surface area (Å²) in [6.45, 7) is 3.69. The molecular weight excluding hydrogens is 422 g/mol. The molecule has 3 nitrogen and oxygen atoms in total. The molecule has 1 saturated heterocycles. The second kappa shape index (κ2) is 9.34. The van der Waals surface area contributed by atoms with Gasteiger partial charge in [-0.15, -0.1) is 0 Å². The Morgan fingerprint density at radius 2 is 1.93 bits per heavy atom. The van der Waals surface area contributed by atoms with Gasteiger partial charge in [0.25, 0.3) is 0 Å². The van der Waals surface area contributed by atoms with Gasteiger partial charge in [0.2, 0.25) is 5.88 Å². The van der Waals surface area contributed by atoms with Gasteiger partial charge in [-0.05, 0) is 48.6 Å². The van der Waals surface area contributed by atoms with Gasteiger partial charge in [-0.1, -0.05) is 59.6 Å². The Hall–Kier alpha value is -2.14. The lowest BCUT2D eigenvalue weighted by Gasteiger charge is -2.29. The SMILES string of the molecule is C[C@H](Oc1ccc(Cl)cn1)C1C[C@@H](c2ccc(Cl)c(F)c2)CN1Cc1ccccc1. The second-order valence-electron chi connectivity index (χ2n) is 7.73. The van der Waals surface area contributed by atoms with Crippen molar-refractivity contribution in [3.05, 3.63) is 93.8 Å². The Morgan fingerprint density at radius 3 is 2.63 bits per heavy atom. The molecule has 2 aromatic carbocycles. The number of hydrogen-bond acceptors (Lipinski definition) is 3. The average Bonchev–Trinajstić information content (AvgIpc) is 3.16. The van der Waals surface area contributed by atoms with Crippen molar-refractivity contribution in [2.45, 2.75) is 38.0 Å². The van der Waals surface area contributed by atoms with Crippen molar-refractivity contribution in [2.75, 3.05) is 6.54 Å². The number of halogens is 3. The fourth-order valence-corrected chi connectivity index (χ4v) is 4.36. The lowest BCUT2D eigenvalue weighted by atomic mass is 9.95. The van der Waals surface area contributed by atoms with Crippen LogP contribution in [0.25, 0.3) is 0 Å². The maximum absolute atomic E-state index is 14.1. The highest BCUT2D eigenvalue weighted by Crippen LogP contribution is 2.36. The lowest BCUT2D eigenvalue weighted by molar-refractivity contribution is 0.0972. The minimum absolute atomic E-state index is 0.0930. The van der Waals surface area contributed by atoms with Gasteiger partial charge in [0.15, 0.2) is 0 Å². The number of nitrogens with zero attached hydrogens (tertiary/aromatic N) is 2. The molecular formula is C24H23Cl2FN2O. The Kier molecular flexibility index (Phi) is 6.57. The number of hydrogen-bond donors (Lipinski definition) is 0. The number of ether oxygens (including phenoxy) is 1. The molecule has 1 aromatic heterocycles. The highest BCUT2D eigenvalue weighted by molar-refractivity contribution is 6.30. The number of benzene rings is 2. The highest BCUT2D eigenvalue weighted by Gasteiger charge is 2.37. The van der Waals surface area contributed by atoms with Gasteiger partial charge in [0.05, 0.1) is 10.0 Å². The van der Waals surface area contributed by atoms with Gasteiger partial charge < -0.3 is 4.74 Å². The zero-order valence-electron chi connectivity index (χ0n) is 16.6. The van der Waals surface area contributed by atoms with Crippen LogP contribution in [0.15, 0.2) is 66.9 Å². The molecule has 1 unspecified atom stereocenters. The Labute approximate surface area is 186 Å². The van der Waals surface area contributed by atoms with E-state index >= 15 is 0 Å². The van der Waals surface area contributed by atoms with Crippen LogP contribution in [0.2, 0.25) is 10.0 Å². The van der Waals surface area contributed by atoms with Crippen LogP contribution in [-0.4, -0.2) is 28.6 Å². The summed E-state index contributed by atoms with van der Waals surface area (Å²) < 4.78 is 20.2. The fraction of sp³-hybridized carbons (Fsp3) is 0.292. The first-order valence-corrected chi connectivity index (χ1v) is 10.8. The molecule has 0 bridgehead atoms. The topological polar surface area (TPSA) is 25.4 Å². The van der Waals surface area contributed by atoms with E-state index in [9.17, 15) is 4.39 Å². The lowest BCUT2D eigenvalue weighted by Crippen LogP contribution is -2.40. The maximum Gasteiger partial charge on any atom is 0.213 e. The summed E-state index contributed by atoms with van der Waals surface area (Å²) in [6, 6.07) is 19.2. The summed E-state index contributed by atoms with van der Waals surface area (Å²) in [4.78, 5) is 6.67. The molecule has 4 rings (SSSR count). The van der Waals surface area contributed by atoms with E-state index < -0.39 is 0 Å². The first-order chi connectivity index (χ1) is 14.5. The summed E-state index contributed by atoms with van der Waals surface area (Å²) in [5.41, 5.74) is 2.21. The van der Waals surface area contributed by atoms with Gasteiger partial charge in [-0.2, -0.15) is 0 Å². The van der Waals surface area contributed by atoms with Crippen LogP contribution in [0.1, 0.15) is 30.4 Å². The van der Waals surface area contributed by atoms with Crippen molar-refractivity contribution < 1.29 is 9.13 Å². The van der Waals surface area contributed by atoms with Crippen molar-refractivity contribution in [1.29, 1.82) is 0 Å². The van der Waals surface area contributed by atoms with Gasteiger partial charge in [-0.25, -0.2) is 9.37 Å². The van der Waals surface area contributed by atoms with Crippen LogP contribution in [-0.2, 0) is 6.54 Å². The molecule has 0 radical (unpaired) electrons. The van der Waals surface area contributed by atoms with E-state index in [0.29, 0.717) is 10.9 Å². The first-order valence-electron chi connectivity index (χ1n) is 10.0. The number of aromatic nitrogens is 1. The minimum Gasteiger partial charge on any atom is -0.473 e. The van der Waals surface area contributed by atoms with E-state index in [0.717, 1.165) is 25.1 Å². The van der Waals surface area contributed by atoms with E-state index in [1.807, 2.05) is 24.3 Å². The third-order valence-corrected chi connectivity index (χ3v) is 6.17. The monoisotopic (exact) mass is 444 g/mol. The Bertz CT molecular complexity index is 984. The van der Waals surface area contributed by atoms with Gasteiger partial charge >= 0.3 is 0 Å². The molecule has 0 aliphatic carbocycles. The van der Waals surface area contributed by atoms with Crippen LogP contribution < -0.4 is 4.74 Å². The molecule has 3 atom stereocenters. The molecule has 0 spiro atoms. The van der Waals surface area contributed by atoms with Crippen LogP contribution in [0.3, 0.4) is 0 Å². The summed E-state index contributed by atoms with van der Waals surface area (Å²) in [5, 5.41) is 0.728. The van der Waals surface area contributed by atoms with Crippen molar-refractivity contribution >= 4 is 23.2 Å². The molecule has 0 amide bonds. The zero-order valence-corrected chi connectivity index (χ0v) is 18.2. The van der Waals surface area contributed by atoms with Gasteiger partial charge in [0, 0.05) is 31.4 Å². The normalized spacial score (nSPS) is 20.3. The van der Waals surface area contributed by atoms with E-state index in [1.165, 1.54) is 5.56 Å². The summed E-state index contributed by atoms with van der Waals surface area (Å²) in [5.74, 6) is 0.379. The van der Waals surface area contributed by atoms with Gasteiger partial charge in [0.1, 0.15) is 11.9 Å². The van der Waals surface area contributed by atoms with Crippen molar-refractivity contribution in [2.24, 2.45) is 0 Å². The standard InChI is InChI=1S/C24H23Cl2FN2O/c1-16(30-24-10-8-20(25)13-28-24)23-12-19(18-7-9-21(26)22(27)11-18)15-29(23)14-17-5-3-2-4-6-17/h2-11,13,16,19,23H,12,14-15H2,1H3/t16-,19+,23?/m0/s1. The van der Waals surface area contributed by atoms with Crippen LogP contribution in [0.4, 0.5) is 4.39 Å². The van der Waals surface area contributed by atoms with E-state index in [4.69, 9.17) is 27.9 Å². The number of pyridine rings is 1. The smallest absolute Gasteiger partial charge is 0.213 e. The Balaban J connectivity index is 1.55. The largest absolute Gasteiger partial charge is 0.473 e. The molecule has 30 heavy (non-hydrogen) atoms. The molecule has 1 aliphatic rings. The predicted octanol–water partition coefficient (Wildman–Crippen LogP) is 6.35. The molecule has 0 saturated carbocycles. The predicted molar refractivity (Wildman–Crippen MR) is 119 cm³/mol. The van der Waals surface area contributed by atoms with E-state index in [1.54, 1.807) is 30.5 Å². The third-order valence-electron chi connectivity index (χ3n) is 5.64. The molecule has 1 aliphatic heterocycles. The summed E-state index contributed by atoms with van der Waals surface area (Å²) in [7, 11) is 0. The van der Waals surface area contributed by atoms with E-state index in [-0.39, 0.29) is 28.9 Å². The molecule has 2 heterocycles. The number of likely N-dealkylation sites (tertiary alicyclic amines) is 1. The third kappa shape index (κ3) is 4.94. The quantitative estimate of drug-likeness (QED) is 0.442. The van der Waals surface area contributed by atoms with E-state index in [2.05, 4.69) is 28.9 Å². The van der Waals surface area contributed by atoms with Crippen LogP contribution in [0.5, 0.6) is 5.88 Å². The maximum atomic E-state index is 14.1. The van der Waals surface area contributed by atoms with Crippen molar-refractivity contribution in [1.82, 2.24) is 9.88 Å².